The van der Waals surface area contributed by atoms with E-state index >= 15 is 0 Å². The molecule has 0 bridgehead atoms. The number of benzene rings is 2. The Bertz CT molecular complexity index is 1370. The van der Waals surface area contributed by atoms with Gasteiger partial charge < -0.3 is 14.5 Å². The second-order valence-corrected chi connectivity index (χ2v) is 9.41. The molecule has 1 aliphatic carbocycles. The second-order valence-electron chi connectivity index (χ2n) is 9.41. The van der Waals surface area contributed by atoms with Crippen molar-refractivity contribution in [1.82, 2.24) is 30.1 Å². The number of nitrogens with zero attached hydrogens (tertiary/aromatic N) is 5. The quantitative estimate of drug-likeness (QED) is 0.401. The molecule has 1 N–H and O–H groups in total. The summed E-state index contributed by atoms with van der Waals surface area (Å²) >= 11 is 0. The maximum absolute atomic E-state index is 13.5. The van der Waals surface area contributed by atoms with Crippen LogP contribution in [0.2, 0.25) is 0 Å². The fourth-order valence-electron chi connectivity index (χ4n) is 5.19. The first-order valence-electron chi connectivity index (χ1n) is 12.4. The van der Waals surface area contributed by atoms with Crippen LogP contribution in [0, 0.1) is 0 Å². The predicted octanol–water partition coefficient (Wildman–Crippen LogP) is 3.93. The number of methoxy groups -OCH3 is 2. The van der Waals surface area contributed by atoms with Crippen molar-refractivity contribution in [3.05, 3.63) is 75.8 Å². The molecule has 0 spiro atoms. The first-order chi connectivity index (χ1) is 17.6. The number of hydrogen-bond donors (Lipinski definition) is 1. The molecule has 0 aliphatic heterocycles. The Hall–Kier alpha value is -3.72. The lowest BCUT2D eigenvalue weighted by molar-refractivity contribution is 0.149. The summed E-state index contributed by atoms with van der Waals surface area (Å²) in [5.74, 6) is 2.15. The summed E-state index contributed by atoms with van der Waals surface area (Å²) in [7, 11) is 5.35. The zero-order valence-corrected chi connectivity index (χ0v) is 21.0. The number of fused-ring (bicyclic) bond motifs is 1. The Morgan fingerprint density at radius 1 is 1.03 bits per heavy atom. The summed E-state index contributed by atoms with van der Waals surface area (Å²) in [4.78, 5) is 18.8. The predicted molar refractivity (Wildman–Crippen MR) is 138 cm³/mol. The Morgan fingerprint density at radius 2 is 1.75 bits per heavy atom. The minimum Gasteiger partial charge on any atom is -0.497 e. The maximum Gasteiger partial charge on any atom is 0.253 e. The second kappa shape index (κ2) is 10.5. The minimum absolute atomic E-state index is 0.151. The van der Waals surface area contributed by atoms with Gasteiger partial charge in [-0.15, -0.1) is 5.10 Å². The van der Waals surface area contributed by atoms with Crippen LogP contribution in [0.5, 0.6) is 11.5 Å². The molecule has 2 aromatic heterocycles. The van der Waals surface area contributed by atoms with Gasteiger partial charge in [0.05, 0.1) is 26.3 Å². The van der Waals surface area contributed by atoms with Crippen LogP contribution in [0.1, 0.15) is 55.1 Å². The lowest BCUT2D eigenvalue weighted by Gasteiger charge is -2.36. The molecule has 1 atom stereocenters. The molecule has 0 amide bonds. The van der Waals surface area contributed by atoms with Crippen molar-refractivity contribution < 1.29 is 9.47 Å². The van der Waals surface area contributed by atoms with E-state index in [1.807, 2.05) is 48.5 Å². The van der Waals surface area contributed by atoms with Gasteiger partial charge in [0, 0.05) is 17.7 Å². The third-order valence-corrected chi connectivity index (χ3v) is 7.23. The zero-order valence-electron chi connectivity index (χ0n) is 21.0. The van der Waals surface area contributed by atoms with E-state index in [9.17, 15) is 4.79 Å². The van der Waals surface area contributed by atoms with Gasteiger partial charge >= 0.3 is 0 Å². The highest BCUT2D eigenvalue weighted by Crippen LogP contribution is 2.32. The molecule has 0 saturated heterocycles. The number of aromatic amines is 1. The molecular weight excluding hydrogens is 456 g/mol. The monoisotopic (exact) mass is 488 g/mol. The molecule has 5 rings (SSSR count). The van der Waals surface area contributed by atoms with E-state index in [0.29, 0.717) is 29.7 Å². The molecule has 2 aromatic carbocycles. The fourth-order valence-corrected chi connectivity index (χ4v) is 5.19. The first-order valence-corrected chi connectivity index (χ1v) is 12.4. The average Bonchev–Trinajstić information content (AvgIpc) is 3.37. The van der Waals surface area contributed by atoms with E-state index in [2.05, 4.69) is 32.5 Å². The van der Waals surface area contributed by atoms with Crippen molar-refractivity contribution in [1.29, 1.82) is 0 Å². The number of nitrogens with one attached hydrogen (secondary N) is 1. The molecule has 188 valence electrons. The van der Waals surface area contributed by atoms with Gasteiger partial charge in [0.2, 0.25) is 0 Å². The average molecular weight is 489 g/mol. The summed E-state index contributed by atoms with van der Waals surface area (Å²) in [5.41, 5.74) is 2.26. The molecule has 0 radical (unpaired) electrons. The van der Waals surface area contributed by atoms with Crippen molar-refractivity contribution in [3.63, 3.8) is 0 Å². The van der Waals surface area contributed by atoms with Crippen LogP contribution in [-0.4, -0.2) is 57.4 Å². The SMILES string of the molecule is COc1ccc(Cn2nnnc2[C@H](c2cc3ccc(OC)cc3[nH]c2=O)N(C)C2CCCCC2)cc1. The van der Waals surface area contributed by atoms with Gasteiger partial charge in [0.1, 0.15) is 17.5 Å². The maximum atomic E-state index is 13.5. The molecule has 2 heterocycles. The molecule has 9 nitrogen and oxygen atoms in total. The van der Waals surface area contributed by atoms with Gasteiger partial charge in [-0.25, -0.2) is 4.68 Å². The van der Waals surface area contributed by atoms with Crippen LogP contribution in [0.25, 0.3) is 10.9 Å². The minimum atomic E-state index is -0.392. The third kappa shape index (κ3) is 4.83. The fraction of sp³-hybridized carbons (Fsp3) is 0.407. The largest absolute Gasteiger partial charge is 0.497 e. The molecule has 1 aliphatic rings. The Labute approximate surface area is 210 Å². The molecule has 9 heteroatoms. The van der Waals surface area contributed by atoms with E-state index in [1.165, 1.54) is 19.3 Å². The molecular formula is C27H32N6O3. The number of tetrazole rings is 1. The smallest absolute Gasteiger partial charge is 0.253 e. The van der Waals surface area contributed by atoms with Crippen LogP contribution in [0.15, 0.2) is 53.3 Å². The standard InChI is InChI=1S/C27H32N6O3/c1-32(20-7-5-4-6-8-20)25(23-15-19-11-14-22(36-3)16-24(19)28-27(23)34)26-29-30-31-33(26)17-18-9-12-21(35-2)13-10-18/h9-16,20,25H,4-8,17H2,1-3H3,(H,28,34)/t25-/m0/s1. The van der Waals surface area contributed by atoms with Crippen molar-refractivity contribution in [2.24, 2.45) is 0 Å². The van der Waals surface area contributed by atoms with Gasteiger partial charge in [-0.1, -0.05) is 31.4 Å². The summed E-state index contributed by atoms with van der Waals surface area (Å²) in [6.07, 6.45) is 5.81. The van der Waals surface area contributed by atoms with Crippen molar-refractivity contribution >= 4 is 10.9 Å². The van der Waals surface area contributed by atoms with Crippen molar-refractivity contribution in [2.45, 2.75) is 50.7 Å². The lowest BCUT2D eigenvalue weighted by atomic mass is 9.92. The highest BCUT2D eigenvalue weighted by molar-refractivity contribution is 5.80. The van der Waals surface area contributed by atoms with Crippen LogP contribution in [0.4, 0.5) is 0 Å². The van der Waals surface area contributed by atoms with Crippen molar-refractivity contribution in [3.8, 4) is 11.5 Å². The number of rotatable bonds is 8. The van der Waals surface area contributed by atoms with E-state index in [1.54, 1.807) is 18.9 Å². The van der Waals surface area contributed by atoms with Crippen LogP contribution >= 0.6 is 0 Å². The molecule has 1 fully saturated rings. The van der Waals surface area contributed by atoms with Crippen LogP contribution < -0.4 is 15.0 Å². The van der Waals surface area contributed by atoms with E-state index in [0.717, 1.165) is 35.1 Å². The van der Waals surface area contributed by atoms with Gasteiger partial charge in [-0.2, -0.15) is 0 Å². The van der Waals surface area contributed by atoms with Crippen LogP contribution in [-0.2, 0) is 6.54 Å². The number of aromatic nitrogens is 5. The molecule has 0 unspecified atom stereocenters. The summed E-state index contributed by atoms with van der Waals surface area (Å²) in [6, 6.07) is 15.5. The Kier molecular flexibility index (Phi) is 6.99. The highest BCUT2D eigenvalue weighted by Gasteiger charge is 2.33. The molecule has 4 aromatic rings. The first kappa shape index (κ1) is 24.0. The third-order valence-electron chi connectivity index (χ3n) is 7.23. The Morgan fingerprint density at radius 3 is 2.47 bits per heavy atom. The number of H-pyrrole nitrogens is 1. The van der Waals surface area contributed by atoms with Gasteiger partial charge in [0.25, 0.3) is 5.56 Å². The van der Waals surface area contributed by atoms with Gasteiger partial charge in [-0.05, 0) is 71.6 Å². The number of hydrogen-bond acceptors (Lipinski definition) is 7. The van der Waals surface area contributed by atoms with E-state index < -0.39 is 6.04 Å². The van der Waals surface area contributed by atoms with Crippen LogP contribution in [0.3, 0.4) is 0 Å². The summed E-state index contributed by atoms with van der Waals surface area (Å²) in [6.45, 7) is 0.490. The number of ether oxygens (including phenoxy) is 2. The molecule has 1 saturated carbocycles. The van der Waals surface area contributed by atoms with Crippen molar-refractivity contribution in [2.75, 3.05) is 21.3 Å². The van der Waals surface area contributed by atoms with Gasteiger partial charge in [-0.3, -0.25) is 9.69 Å². The molecule has 36 heavy (non-hydrogen) atoms. The lowest BCUT2D eigenvalue weighted by Crippen LogP contribution is -2.40. The van der Waals surface area contributed by atoms with E-state index in [-0.39, 0.29) is 5.56 Å². The van der Waals surface area contributed by atoms with E-state index in [4.69, 9.17) is 9.47 Å². The zero-order chi connectivity index (χ0) is 25.1. The van der Waals surface area contributed by atoms with Gasteiger partial charge in [0.15, 0.2) is 5.82 Å². The summed E-state index contributed by atoms with van der Waals surface area (Å²) < 4.78 is 12.4. The summed E-state index contributed by atoms with van der Waals surface area (Å²) in [5, 5.41) is 13.7. The Balaban J connectivity index is 1.58. The normalized spacial score (nSPS) is 15.3. The topological polar surface area (TPSA) is 98.2 Å². The number of pyridine rings is 1. The highest BCUT2D eigenvalue weighted by atomic mass is 16.5.